The second kappa shape index (κ2) is 9.15. The van der Waals surface area contributed by atoms with Crippen molar-refractivity contribution >= 4 is 11.8 Å². The summed E-state index contributed by atoms with van der Waals surface area (Å²) < 4.78 is 0. The second-order valence-electron chi connectivity index (χ2n) is 7.74. The molecule has 3 heterocycles. The first-order valence-electron chi connectivity index (χ1n) is 10.2. The monoisotopic (exact) mass is 393 g/mol. The van der Waals surface area contributed by atoms with Crippen LogP contribution in [0.3, 0.4) is 0 Å². The summed E-state index contributed by atoms with van der Waals surface area (Å²) in [6.07, 6.45) is 5.87. The van der Waals surface area contributed by atoms with Crippen molar-refractivity contribution < 1.29 is 9.59 Å². The lowest BCUT2D eigenvalue weighted by atomic mass is 9.95. The summed E-state index contributed by atoms with van der Waals surface area (Å²) in [5.41, 5.74) is 8.53. The summed E-state index contributed by atoms with van der Waals surface area (Å²) in [7, 11) is 0. The molecule has 4 rings (SSSR count). The molecule has 1 aromatic heterocycles. The SMILES string of the molecule is O=C(NCc1ccccc1)C1CCCN(C(=O)C2CC(c3ccncc3)NN2)C1. The third-order valence-corrected chi connectivity index (χ3v) is 5.72. The summed E-state index contributed by atoms with van der Waals surface area (Å²) in [5.74, 6) is -0.0603. The third-order valence-electron chi connectivity index (χ3n) is 5.72. The molecule has 2 fully saturated rings. The number of aromatic nitrogens is 1. The van der Waals surface area contributed by atoms with Crippen molar-refractivity contribution in [2.75, 3.05) is 13.1 Å². The average molecular weight is 393 g/mol. The van der Waals surface area contributed by atoms with E-state index in [1.807, 2.05) is 47.4 Å². The van der Waals surface area contributed by atoms with Crippen molar-refractivity contribution in [3.63, 3.8) is 0 Å². The molecule has 3 atom stereocenters. The molecule has 1 aromatic carbocycles. The van der Waals surface area contributed by atoms with E-state index in [4.69, 9.17) is 0 Å². The van der Waals surface area contributed by atoms with Crippen LogP contribution in [0, 0.1) is 5.92 Å². The quantitative estimate of drug-likeness (QED) is 0.718. The fraction of sp³-hybridized carbons (Fsp3) is 0.409. The Bertz CT molecular complexity index is 830. The summed E-state index contributed by atoms with van der Waals surface area (Å²) in [4.78, 5) is 31.5. The highest BCUT2D eigenvalue weighted by Crippen LogP contribution is 2.24. The van der Waals surface area contributed by atoms with Crippen LogP contribution in [0.2, 0.25) is 0 Å². The molecule has 0 aliphatic carbocycles. The van der Waals surface area contributed by atoms with Crippen LogP contribution in [0.15, 0.2) is 54.9 Å². The number of rotatable bonds is 5. The largest absolute Gasteiger partial charge is 0.352 e. The van der Waals surface area contributed by atoms with E-state index in [-0.39, 0.29) is 29.8 Å². The zero-order chi connectivity index (χ0) is 20.1. The van der Waals surface area contributed by atoms with Crippen LogP contribution in [0.25, 0.3) is 0 Å². The van der Waals surface area contributed by atoms with Crippen LogP contribution >= 0.6 is 0 Å². The van der Waals surface area contributed by atoms with Gasteiger partial charge in [-0.05, 0) is 42.5 Å². The molecular weight excluding hydrogens is 366 g/mol. The highest BCUT2D eigenvalue weighted by atomic mass is 16.2. The smallest absolute Gasteiger partial charge is 0.241 e. The molecule has 3 N–H and O–H groups in total. The minimum absolute atomic E-state index is 0.0264. The van der Waals surface area contributed by atoms with Crippen LogP contribution in [0.5, 0.6) is 0 Å². The molecule has 0 saturated carbocycles. The number of hydrazine groups is 1. The predicted octanol–water partition coefficient (Wildman–Crippen LogP) is 1.54. The van der Waals surface area contributed by atoms with Gasteiger partial charge in [0.25, 0.3) is 0 Å². The van der Waals surface area contributed by atoms with Crippen LogP contribution in [-0.2, 0) is 16.1 Å². The number of pyridine rings is 1. The fourth-order valence-electron chi connectivity index (χ4n) is 4.07. The van der Waals surface area contributed by atoms with Gasteiger partial charge in [0.05, 0.1) is 5.92 Å². The Kier molecular flexibility index (Phi) is 6.17. The van der Waals surface area contributed by atoms with Crippen molar-refractivity contribution in [1.29, 1.82) is 0 Å². The average Bonchev–Trinajstić information content (AvgIpc) is 3.29. The van der Waals surface area contributed by atoms with Gasteiger partial charge in [-0.25, -0.2) is 10.9 Å². The molecule has 2 saturated heterocycles. The summed E-state index contributed by atoms with van der Waals surface area (Å²) in [5, 5.41) is 3.02. The molecular formula is C22H27N5O2. The molecule has 2 aliphatic heterocycles. The normalized spacial score (nSPS) is 24.3. The number of piperidine rings is 1. The zero-order valence-electron chi connectivity index (χ0n) is 16.4. The summed E-state index contributed by atoms with van der Waals surface area (Å²) >= 11 is 0. The molecule has 2 amide bonds. The van der Waals surface area contributed by atoms with Crippen LogP contribution in [0.1, 0.15) is 36.4 Å². The number of carbonyl (C=O) groups excluding carboxylic acids is 2. The first-order valence-corrected chi connectivity index (χ1v) is 10.2. The Balaban J connectivity index is 1.30. The molecule has 0 bridgehead atoms. The highest BCUT2D eigenvalue weighted by Gasteiger charge is 2.36. The van der Waals surface area contributed by atoms with Gasteiger partial charge in [-0.2, -0.15) is 0 Å². The van der Waals surface area contributed by atoms with Gasteiger partial charge in [-0.15, -0.1) is 0 Å². The van der Waals surface area contributed by atoms with Crippen molar-refractivity contribution in [2.24, 2.45) is 5.92 Å². The topological polar surface area (TPSA) is 86.4 Å². The van der Waals surface area contributed by atoms with Gasteiger partial charge < -0.3 is 10.2 Å². The second-order valence-corrected chi connectivity index (χ2v) is 7.74. The standard InChI is InChI=1S/C22H27N5O2/c28-21(24-14-16-5-2-1-3-6-16)18-7-4-12-27(15-18)22(29)20-13-19(25-26-20)17-8-10-23-11-9-17/h1-3,5-6,8-11,18-20,25-26H,4,7,12-15H2,(H,24,28). The molecule has 152 valence electrons. The van der Waals surface area contributed by atoms with Gasteiger partial charge in [0.2, 0.25) is 11.8 Å². The number of amides is 2. The number of hydrogen-bond donors (Lipinski definition) is 3. The maximum atomic E-state index is 13.0. The van der Waals surface area contributed by atoms with E-state index in [2.05, 4.69) is 21.2 Å². The van der Waals surface area contributed by atoms with Gasteiger partial charge in [-0.3, -0.25) is 14.6 Å². The molecule has 29 heavy (non-hydrogen) atoms. The minimum atomic E-state index is -0.278. The van der Waals surface area contributed by atoms with Gasteiger partial charge in [0.1, 0.15) is 6.04 Å². The minimum Gasteiger partial charge on any atom is -0.352 e. The Morgan fingerprint density at radius 1 is 1.10 bits per heavy atom. The first-order chi connectivity index (χ1) is 14.2. The van der Waals surface area contributed by atoms with E-state index in [0.29, 0.717) is 26.1 Å². The number of likely N-dealkylation sites (tertiary alicyclic amines) is 1. The lowest BCUT2D eigenvalue weighted by Crippen LogP contribution is -2.51. The van der Waals surface area contributed by atoms with Crippen molar-refractivity contribution in [3.8, 4) is 0 Å². The van der Waals surface area contributed by atoms with Crippen LogP contribution < -0.4 is 16.2 Å². The van der Waals surface area contributed by atoms with Gasteiger partial charge in [0, 0.05) is 38.1 Å². The van der Waals surface area contributed by atoms with Gasteiger partial charge in [-0.1, -0.05) is 30.3 Å². The molecule has 7 heteroatoms. The van der Waals surface area contributed by atoms with Crippen LogP contribution in [0.4, 0.5) is 0 Å². The lowest BCUT2D eigenvalue weighted by molar-refractivity contribution is -0.137. The number of nitrogens with one attached hydrogen (secondary N) is 3. The van der Waals surface area contributed by atoms with E-state index in [9.17, 15) is 9.59 Å². The van der Waals surface area contributed by atoms with E-state index < -0.39 is 0 Å². The maximum absolute atomic E-state index is 13.0. The summed E-state index contributed by atoms with van der Waals surface area (Å²) in [6, 6.07) is 13.6. The predicted molar refractivity (Wildman–Crippen MR) is 109 cm³/mol. The number of nitrogens with zero attached hydrogens (tertiary/aromatic N) is 2. The van der Waals surface area contributed by atoms with Crippen molar-refractivity contribution in [1.82, 2.24) is 26.1 Å². The molecule has 3 unspecified atom stereocenters. The van der Waals surface area contributed by atoms with E-state index in [1.165, 1.54) is 0 Å². The van der Waals surface area contributed by atoms with E-state index in [1.54, 1.807) is 12.4 Å². The number of hydrogen-bond acceptors (Lipinski definition) is 5. The van der Waals surface area contributed by atoms with E-state index in [0.717, 1.165) is 24.0 Å². The van der Waals surface area contributed by atoms with Crippen molar-refractivity contribution in [2.45, 2.75) is 37.9 Å². The van der Waals surface area contributed by atoms with Crippen molar-refractivity contribution in [3.05, 3.63) is 66.0 Å². The molecule has 2 aliphatic rings. The van der Waals surface area contributed by atoms with Gasteiger partial charge >= 0.3 is 0 Å². The summed E-state index contributed by atoms with van der Waals surface area (Å²) in [6.45, 7) is 1.71. The molecule has 0 spiro atoms. The number of benzene rings is 1. The molecule has 7 nitrogen and oxygen atoms in total. The number of carbonyl (C=O) groups is 2. The molecule has 0 radical (unpaired) electrons. The Morgan fingerprint density at radius 2 is 1.90 bits per heavy atom. The fourth-order valence-corrected chi connectivity index (χ4v) is 4.07. The lowest BCUT2D eigenvalue weighted by Gasteiger charge is -2.33. The maximum Gasteiger partial charge on any atom is 0.241 e. The van der Waals surface area contributed by atoms with Gasteiger partial charge in [0.15, 0.2) is 0 Å². The Labute approximate surface area is 170 Å². The van der Waals surface area contributed by atoms with E-state index >= 15 is 0 Å². The first kappa shape index (κ1) is 19.5. The zero-order valence-corrected chi connectivity index (χ0v) is 16.4. The highest BCUT2D eigenvalue weighted by molar-refractivity contribution is 5.84. The molecule has 2 aromatic rings. The Morgan fingerprint density at radius 3 is 2.69 bits per heavy atom. The third kappa shape index (κ3) is 4.81. The van der Waals surface area contributed by atoms with Crippen LogP contribution in [-0.4, -0.2) is 40.8 Å². The Hall–Kier alpha value is -2.77.